The predicted octanol–water partition coefficient (Wildman–Crippen LogP) is 5.88. The number of halogens is 2. The molecule has 0 saturated carbocycles. The largest absolute Gasteiger partial charge is 0.479 e. The standard InChI is InChI=1S/C26H25Cl2N7O/c1-15-12-34(14-30-15)20-10-9-19(31-25(20)36-4)23-32-24-17(6-5-11-35(24)33-23)16-7-8-18(22(28)21(16)27)26(2,3)13-29/h7-10,12,14,17H,5-6,11H2,1-4H3/t17-/m1/s1. The van der Waals surface area contributed by atoms with Gasteiger partial charge in [0.05, 0.1) is 40.7 Å². The Morgan fingerprint density at radius 1 is 1.14 bits per heavy atom. The zero-order valence-corrected chi connectivity index (χ0v) is 22.0. The third kappa shape index (κ3) is 4.12. The highest BCUT2D eigenvalue weighted by Crippen LogP contribution is 2.43. The summed E-state index contributed by atoms with van der Waals surface area (Å²) in [6.45, 7) is 6.34. The van der Waals surface area contributed by atoms with Crippen molar-refractivity contribution in [2.75, 3.05) is 7.11 Å². The van der Waals surface area contributed by atoms with Crippen LogP contribution in [-0.2, 0) is 12.0 Å². The molecule has 0 aliphatic carbocycles. The summed E-state index contributed by atoms with van der Waals surface area (Å²) in [6, 6.07) is 9.95. The minimum Gasteiger partial charge on any atom is -0.479 e. The molecule has 1 aliphatic rings. The van der Waals surface area contributed by atoms with Crippen LogP contribution >= 0.6 is 23.2 Å². The van der Waals surface area contributed by atoms with E-state index in [4.69, 9.17) is 38.0 Å². The molecule has 0 N–H and O–H groups in total. The Kier molecular flexibility index (Phi) is 6.23. The Labute approximate surface area is 219 Å². The number of nitrogens with zero attached hydrogens (tertiary/aromatic N) is 7. The molecule has 10 heteroatoms. The number of aromatic nitrogens is 6. The fourth-order valence-corrected chi connectivity index (χ4v) is 5.29. The number of rotatable bonds is 5. The van der Waals surface area contributed by atoms with Crippen molar-refractivity contribution in [3.05, 3.63) is 69.5 Å². The summed E-state index contributed by atoms with van der Waals surface area (Å²) in [6.07, 6.45) is 5.43. The number of hydrogen-bond acceptors (Lipinski definition) is 6. The van der Waals surface area contributed by atoms with Crippen molar-refractivity contribution in [2.45, 2.75) is 51.5 Å². The third-order valence-corrected chi connectivity index (χ3v) is 7.46. The van der Waals surface area contributed by atoms with Crippen molar-refractivity contribution in [1.29, 1.82) is 5.26 Å². The predicted molar refractivity (Wildman–Crippen MR) is 138 cm³/mol. The van der Waals surface area contributed by atoms with Crippen LogP contribution in [0, 0.1) is 18.3 Å². The molecule has 0 radical (unpaired) electrons. The molecule has 1 aromatic carbocycles. The summed E-state index contributed by atoms with van der Waals surface area (Å²) >= 11 is 13.4. The van der Waals surface area contributed by atoms with Gasteiger partial charge in [0.1, 0.15) is 17.2 Å². The van der Waals surface area contributed by atoms with Crippen molar-refractivity contribution in [2.24, 2.45) is 0 Å². The fraction of sp³-hybridized carbons (Fsp3) is 0.346. The van der Waals surface area contributed by atoms with Crippen LogP contribution in [0.2, 0.25) is 10.0 Å². The van der Waals surface area contributed by atoms with Gasteiger partial charge in [0, 0.05) is 18.7 Å². The number of nitriles is 1. The molecule has 4 aromatic rings. The van der Waals surface area contributed by atoms with Gasteiger partial charge < -0.3 is 9.30 Å². The van der Waals surface area contributed by atoms with Crippen molar-refractivity contribution >= 4 is 23.2 Å². The Balaban J connectivity index is 1.53. The van der Waals surface area contributed by atoms with E-state index in [9.17, 15) is 5.26 Å². The summed E-state index contributed by atoms with van der Waals surface area (Å²) in [4.78, 5) is 13.8. The van der Waals surface area contributed by atoms with E-state index < -0.39 is 5.41 Å². The SMILES string of the molecule is COc1nc(-c2nc3n(n2)CCC[C@@H]3c2ccc(C(C)(C)C#N)c(Cl)c2Cl)ccc1-n1cnc(C)c1. The lowest BCUT2D eigenvalue weighted by molar-refractivity contribution is 0.396. The van der Waals surface area contributed by atoms with Crippen molar-refractivity contribution in [3.8, 4) is 29.2 Å². The summed E-state index contributed by atoms with van der Waals surface area (Å²) < 4.78 is 9.35. The molecular weight excluding hydrogens is 497 g/mol. The Hall–Kier alpha value is -3.41. The van der Waals surface area contributed by atoms with Gasteiger partial charge in [0.2, 0.25) is 5.88 Å². The van der Waals surface area contributed by atoms with Crippen molar-refractivity contribution < 1.29 is 4.74 Å². The number of aryl methyl sites for hydroxylation is 2. The Bertz CT molecular complexity index is 1500. The molecule has 0 fully saturated rings. The highest BCUT2D eigenvalue weighted by atomic mass is 35.5. The lowest BCUT2D eigenvalue weighted by Gasteiger charge is -2.25. The van der Waals surface area contributed by atoms with E-state index in [1.807, 2.05) is 60.5 Å². The number of imidazole rings is 1. The molecule has 8 nitrogen and oxygen atoms in total. The molecular formula is C26H25Cl2N7O. The van der Waals surface area contributed by atoms with E-state index in [0.29, 0.717) is 33.0 Å². The summed E-state index contributed by atoms with van der Waals surface area (Å²) in [5.74, 6) is 1.73. The topological polar surface area (TPSA) is 94.4 Å². The van der Waals surface area contributed by atoms with Crippen LogP contribution in [0.15, 0.2) is 36.8 Å². The number of ether oxygens (including phenoxy) is 1. The second-order valence-corrected chi connectivity index (χ2v) is 10.2. The summed E-state index contributed by atoms with van der Waals surface area (Å²) in [5, 5.41) is 15.2. The molecule has 0 amide bonds. The number of pyridine rings is 1. The van der Waals surface area contributed by atoms with E-state index in [0.717, 1.165) is 42.2 Å². The average molecular weight is 522 g/mol. The fourth-order valence-electron chi connectivity index (χ4n) is 4.59. The van der Waals surface area contributed by atoms with Crippen LogP contribution in [-0.4, -0.2) is 36.4 Å². The molecule has 1 aliphatic heterocycles. The van der Waals surface area contributed by atoms with Crippen LogP contribution in [0.5, 0.6) is 5.88 Å². The quantitative estimate of drug-likeness (QED) is 0.325. The second kappa shape index (κ2) is 9.23. The molecule has 184 valence electrons. The molecule has 0 unspecified atom stereocenters. The number of benzene rings is 1. The Morgan fingerprint density at radius 3 is 2.64 bits per heavy atom. The molecule has 4 heterocycles. The highest BCUT2D eigenvalue weighted by Gasteiger charge is 2.31. The highest BCUT2D eigenvalue weighted by molar-refractivity contribution is 6.43. The minimum absolute atomic E-state index is 0.0701. The van der Waals surface area contributed by atoms with Gasteiger partial charge >= 0.3 is 0 Å². The zero-order chi connectivity index (χ0) is 25.6. The lowest BCUT2D eigenvalue weighted by Crippen LogP contribution is -2.19. The second-order valence-electron chi connectivity index (χ2n) is 9.43. The molecule has 3 aromatic heterocycles. The first-order valence-corrected chi connectivity index (χ1v) is 12.4. The number of fused-ring (bicyclic) bond motifs is 1. The maximum absolute atomic E-state index is 9.55. The van der Waals surface area contributed by atoms with Gasteiger partial charge in [-0.05, 0) is 56.9 Å². The first kappa shape index (κ1) is 24.3. The van der Waals surface area contributed by atoms with E-state index in [2.05, 4.69) is 16.0 Å². The van der Waals surface area contributed by atoms with Gasteiger partial charge in [-0.3, -0.25) is 0 Å². The molecule has 5 rings (SSSR count). The molecule has 1 atom stereocenters. The average Bonchev–Trinajstić information content (AvgIpc) is 3.51. The van der Waals surface area contributed by atoms with E-state index in [1.165, 1.54) is 0 Å². The lowest BCUT2D eigenvalue weighted by atomic mass is 9.83. The molecule has 0 spiro atoms. The maximum Gasteiger partial charge on any atom is 0.238 e. The third-order valence-electron chi connectivity index (χ3n) is 6.57. The smallest absolute Gasteiger partial charge is 0.238 e. The summed E-state index contributed by atoms with van der Waals surface area (Å²) in [7, 11) is 1.59. The molecule has 0 bridgehead atoms. The van der Waals surface area contributed by atoms with Gasteiger partial charge in [0.25, 0.3) is 0 Å². The van der Waals surface area contributed by atoms with Gasteiger partial charge in [-0.25, -0.2) is 19.6 Å². The summed E-state index contributed by atoms with van der Waals surface area (Å²) in [5.41, 5.74) is 3.15. The maximum atomic E-state index is 9.55. The first-order valence-electron chi connectivity index (χ1n) is 11.6. The number of methoxy groups -OCH3 is 1. The monoisotopic (exact) mass is 521 g/mol. The van der Waals surface area contributed by atoms with Crippen LogP contribution in [0.25, 0.3) is 17.2 Å². The van der Waals surface area contributed by atoms with Crippen LogP contribution in [0.3, 0.4) is 0 Å². The number of hydrogen-bond donors (Lipinski definition) is 0. The molecule has 0 saturated heterocycles. The van der Waals surface area contributed by atoms with E-state index in [-0.39, 0.29) is 5.92 Å². The minimum atomic E-state index is -0.745. The van der Waals surface area contributed by atoms with Crippen LogP contribution in [0.1, 0.15) is 55.3 Å². The first-order chi connectivity index (χ1) is 17.2. The van der Waals surface area contributed by atoms with Crippen molar-refractivity contribution in [1.82, 2.24) is 29.3 Å². The van der Waals surface area contributed by atoms with Gasteiger partial charge in [0.15, 0.2) is 5.82 Å². The normalized spacial score (nSPS) is 15.4. The Morgan fingerprint density at radius 2 is 1.94 bits per heavy atom. The van der Waals surface area contributed by atoms with Crippen LogP contribution in [0.4, 0.5) is 0 Å². The zero-order valence-electron chi connectivity index (χ0n) is 20.5. The van der Waals surface area contributed by atoms with E-state index in [1.54, 1.807) is 13.4 Å². The van der Waals surface area contributed by atoms with Gasteiger partial charge in [-0.15, -0.1) is 5.10 Å². The van der Waals surface area contributed by atoms with Gasteiger partial charge in [-0.1, -0.05) is 35.3 Å². The molecule has 36 heavy (non-hydrogen) atoms. The van der Waals surface area contributed by atoms with E-state index >= 15 is 0 Å². The van der Waals surface area contributed by atoms with Gasteiger partial charge in [-0.2, -0.15) is 5.26 Å². The van der Waals surface area contributed by atoms with Crippen molar-refractivity contribution in [3.63, 3.8) is 0 Å². The van der Waals surface area contributed by atoms with Crippen LogP contribution < -0.4 is 4.74 Å².